The summed E-state index contributed by atoms with van der Waals surface area (Å²) in [5.74, 6) is 1.59. The van der Waals surface area contributed by atoms with Crippen LogP contribution in [-0.2, 0) is 23.7 Å². The van der Waals surface area contributed by atoms with Gasteiger partial charge in [-0.2, -0.15) is 0 Å². The van der Waals surface area contributed by atoms with Crippen LogP contribution in [0.3, 0.4) is 0 Å². The summed E-state index contributed by atoms with van der Waals surface area (Å²) in [5, 5.41) is 0. The average Bonchev–Trinajstić information content (AvgIpc) is 3.31. The van der Waals surface area contributed by atoms with Gasteiger partial charge in [0.2, 0.25) is 0 Å². The second kappa shape index (κ2) is 12.6. The molecule has 0 N–H and O–H groups in total. The molecule has 2 saturated carbocycles. The molecule has 4 fully saturated rings. The van der Waals surface area contributed by atoms with Crippen molar-refractivity contribution in [3.8, 4) is 0 Å². The van der Waals surface area contributed by atoms with Gasteiger partial charge < -0.3 is 18.9 Å². The summed E-state index contributed by atoms with van der Waals surface area (Å²) in [4.78, 5) is 12.2. The number of unbranched alkanes of at least 4 members (excludes halogenated alkanes) is 3. The maximum absolute atomic E-state index is 12.2. The van der Waals surface area contributed by atoms with Gasteiger partial charge in [-0.1, -0.05) is 44.8 Å². The van der Waals surface area contributed by atoms with Crippen molar-refractivity contribution in [2.24, 2.45) is 17.8 Å². The maximum Gasteiger partial charge on any atom is 0.158 e. The highest BCUT2D eigenvalue weighted by molar-refractivity contribution is 5.81. The number of fused-ring (bicyclic) bond motifs is 1. The lowest BCUT2D eigenvalue weighted by molar-refractivity contribution is -0.193. The van der Waals surface area contributed by atoms with Crippen LogP contribution in [-0.4, -0.2) is 43.8 Å². The molecule has 0 amide bonds. The van der Waals surface area contributed by atoms with E-state index in [-0.39, 0.29) is 30.7 Å². The highest BCUT2D eigenvalue weighted by Crippen LogP contribution is 2.48. The number of Topliss-reactive ketones (excluding diaryl/α,β-unsaturated/α-hetero) is 1. The van der Waals surface area contributed by atoms with E-state index < -0.39 is 0 Å². The van der Waals surface area contributed by atoms with E-state index in [1.807, 2.05) is 0 Å². The fourth-order valence-electron chi connectivity index (χ4n) is 6.07. The zero-order valence-corrected chi connectivity index (χ0v) is 20.1. The van der Waals surface area contributed by atoms with E-state index in [1.54, 1.807) is 0 Å². The van der Waals surface area contributed by atoms with Crippen LogP contribution < -0.4 is 0 Å². The maximum atomic E-state index is 12.2. The summed E-state index contributed by atoms with van der Waals surface area (Å²) in [5.41, 5.74) is 0. The van der Waals surface area contributed by atoms with E-state index in [1.165, 1.54) is 38.5 Å². The van der Waals surface area contributed by atoms with Crippen molar-refractivity contribution < 1.29 is 23.7 Å². The molecule has 7 atom stereocenters. The van der Waals surface area contributed by atoms with Crippen molar-refractivity contribution in [1.82, 2.24) is 0 Å². The van der Waals surface area contributed by atoms with E-state index in [9.17, 15) is 4.79 Å². The van der Waals surface area contributed by atoms with Crippen molar-refractivity contribution >= 4 is 5.78 Å². The van der Waals surface area contributed by atoms with Crippen LogP contribution in [0.2, 0.25) is 0 Å². The van der Waals surface area contributed by atoms with Gasteiger partial charge >= 0.3 is 0 Å². The summed E-state index contributed by atoms with van der Waals surface area (Å²) in [7, 11) is 0. The topological polar surface area (TPSA) is 54.0 Å². The molecule has 0 aromatic rings. The second-order valence-corrected chi connectivity index (χ2v) is 10.4. The minimum atomic E-state index is -0.0732. The third kappa shape index (κ3) is 6.88. The van der Waals surface area contributed by atoms with Gasteiger partial charge in [0.1, 0.15) is 5.78 Å². The first-order chi connectivity index (χ1) is 15.7. The molecule has 0 radical (unpaired) electrons. The van der Waals surface area contributed by atoms with E-state index in [0.29, 0.717) is 24.0 Å². The summed E-state index contributed by atoms with van der Waals surface area (Å²) in [6.07, 6.45) is 19.7. The van der Waals surface area contributed by atoms with Gasteiger partial charge in [-0.3, -0.25) is 4.79 Å². The Bertz CT molecular complexity index is 593. The Balaban J connectivity index is 1.40. The number of ketones is 1. The van der Waals surface area contributed by atoms with E-state index in [2.05, 4.69) is 19.1 Å². The van der Waals surface area contributed by atoms with Gasteiger partial charge in [0.15, 0.2) is 12.6 Å². The number of rotatable bonds is 11. The van der Waals surface area contributed by atoms with Crippen molar-refractivity contribution in [3.05, 3.63) is 12.2 Å². The molecule has 4 aliphatic rings. The van der Waals surface area contributed by atoms with Gasteiger partial charge in [-0.25, -0.2) is 0 Å². The first-order valence-electron chi connectivity index (χ1n) is 13.5. The number of carbonyl (C=O) groups is 1. The Morgan fingerprint density at radius 1 is 1.00 bits per heavy atom. The highest BCUT2D eigenvalue weighted by atomic mass is 16.7. The molecule has 182 valence electrons. The molecule has 0 aromatic heterocycles. The van der Waals surface area contributed by atoms with E-state index in [4.69, 9.17) is 18.9 Å². The lowest BCUT2D eigenvalue weighted by atomic mass is 9.90. The average molecular weight is 449 g/mol. The number of hydrogen-bond donors (Lipinski definition) is 0. The van der Waals surface area contributed by atoms with Crippen LogP contribution in [0.4, 0.5) is 0 Å². The fourth-order valence-corrected chi connectivity index (χ4v) is 6.07. The van der Waals surface area contributed by atoms with Gasteiger partial charge in [0.05, 0.1) is 12.2 Å². The summed E-state index contributed by atoms with van der Waals surface area (Å²) in [6.45, 7) is 3.86. The summed E-state index contributed by atoms with van der Waals surface area (Å²) >= 11 is 0. The number of carbonyl (C=O) groups excluding carboxylic acids is 1. The Hall–Kier alpha value is -0.750. The van der Waals surface area contributed by atoms with Gasteiger partial charge in [0.25, 0.3) is 0 Å². The number of hydrogen-bond acceptors (Lipinski definition) is 5. The lowest BCUT2D eigenvalue weighted by Crippen LogP contribution is -2.31. The molecule has 0 spiro atoms. The Morgan fingerprint density at radius 3 is 2.50 bits per heavy atom. The molecule has 5 heteroatoms. The monoisotopic (exact) mass is 448 g/mol. The molecule has 2 aliphatic carbocycles. The normalized spacial score (nSPS) is 36.6. The second-order valence-electron chi connectivity index (χ2n) is 10.4. The molecular formula is C27H44O5. The molecular weight excluding hydrogens is 404 g/mol. The van der Waals surface area contributed by atoms with Crippen molar-refractivity contribution in [3.63, 3.8) is 0 Å². The quantitative estimate of drug-likeness (QED) is 0.289. The smallest absolute Gasteiger partial charge is 0.158 e. The van der Waals surface area contributed by atoms with E-state index >= 15 is 0 Å². The van der Waals surface area contributed by atoms with Crippen LogP contribution in [0.15, 0.2) is 12.2 Å². The first kappa shape index (κ1) is 24.4. The molecule has 0 bridgehead atoms. The molecule has 2 saturated heterocycles. The predicted molar refractivity (Wildman–Crippen MR) is 124 cm³/mol. The number of ether oxygens (including phenoxy) is 4. The van der Waals surface area contributed by atoms with Crippen molar-refractivity contribution in [1.29, 1.82) is 0 Å². The standard InChI is InChI=1S/C27H44O5/c1-2-3-4-5-10-22(31-26-11-6-8-15-29-26)13-14-23-24-19-21(28)17-20(24)18-25(23)32-27-12-7-9-16-30-27/h13-14,20,22-27H,2-12,15-19H2,1H3/t20-,22?,23+,24-,25+,26?,27?/m0/s1. The van der Waals surface area contributed by atoms with Crippen LogP contribution in [0.25, 0.3) is 0 Å². The van der Waals surface area contributed by atoms with Crippen molar-refractivity contribution in [2.45, 2.75) is 122 Å². The van der Waals surface area contributed by atoms with Crippen molar-refractivity contribution in [2.75, 3.05) is 13.2 Å². The minimum absolute atomic E-state index is 0.0726. The zero-order chi connectivity index (χ0) is 22.2. The van der Waals surface area contributed by atoms with Gasteiger partial charge in [-0.15, -0.1) is 0 Å². The molecule has 4 rings (SSSR count). The highest BCUT2D eigenvalue weighted by Gasteiger charge is 2.48. The zero-order valence-electron chi connectivity index (χ0n) is 20.1. The molecule has 5 nitrogen and oxygen atoms in total. The minimum Gasteiger partial charge on any atom is -0.353 e. The molecule has 0 aromatic carbocycles. The molecule has 2 heterocycles. The molecule has 2 aliphatic heterocycles. The Morgan fingerprint density at radius 2 is 1.78 bits per heavy atom. The van der Waals surface area contributed by atoms with Crippen LogP contribution in [0, 0.1) is 17.8 Å². The van der Waals surface area contributed by atoms with E-state index in [0.717, 1.165) is 58.2 Å². The van der Waals surface area contributed by atoms with Crippen LogP contribution >= 0.6 is 0 Å². The Labute approximate surface area is 194 Å². The summed E-state index contributed by atoms with van der Waals surface area (Å²) < 4.78 is 24.6. The molecule has 32 heavy (non-hydrogen) atoms. The third-order valence-electron chi connectivity index (χ3n) is 7.84. The summed E-state index contributed by atoms with van der Waals surface area (Å²) in [6, 6.07) is 0. The van der Waals surface area contributed by atoms with Crippen LogP contribution in [0.1, 0.15) is 96.8 Å². The Kier molecular flexibility index (Phi) is 9.63. The SMILES string of the molecule is CCCCCCC(C=C[C@@H]1[C@H]2CC(=O)C[C@H]2C[C@H]1OC1CCCCO1)OC1CCCCO1. The largest absolute Gasteiger partial charge is 0.353 e. The van der Waals surface area contributed by atoms with Gasteiger partial charge in [-0.05, 0) is 63.2 Å². The molecule has 3 unspecified atom stereocenters. The van der Waals surface area contributed by atoms with Crippen LogP contribution in [0.5, 0.6) is 0 Å². The first-order valence-corrected chi connectivity index (χ1v) is 13.5. The fraction of sp³-hybridized carbons (Fsp3) is 0.889. The predicted octanol–water partition coefficient (Wildman–Crippen LogP) is 5.95. The lowest BCUT2D eigenvalue weighted by Gasteiger charge is -2.30. The third-order valence-corrected chi connectivity index (χ3v) is 7.84. The van der Waals surface area contributed by atoms with Gasteiger partial charge in [0, 0.05) is 32.0 Å².